The van der Waals surface area contributed by atoms with Crippen molar-refractivity contribution in [3.63, 3.8) is 0 Å². The van der Waals surface area contributed by atoms with E-state index in [1.165, 1.54) is 16.7 Å². The predicted molar refractivity (Wildman–Crippen MR) is 88.6 cm³/mol. The minimum absolute atomic E-state index is 0.492. The zero-order valence-corrected chi connectivity index (χ0v) is 13.2. The van der Waals surface area contributed by atoms with Crippen LogP contribution in [-0.4, -0.2) is 6.04 Å². The summed E-state index contributed by atoms with van der Waals surface area (Å²) in [6, 6.07) is 17.4. The third-order valence-electron chi connectivity index (χ3n) is 3.45. The van der Waals surface area contributed by atoms with Crippen molar-refractivity contribution in [2.45, 2.75) is 46.4 Å². The van der Waals surface area contributed by atoms with Gasteiger partial charge >= 0.3 is 0 Å². The van der Waals surface area contributed by atoms with Crippen LogP contribution < -0.4 is 10.1 Å². The van der Waals surface area contributed by atoms with Gasteiger partial charge in [0.2, 0.25) is 0 Å². The van der Waals surface area contributed by atoms with E-state index >= 15 is 0 Å². The van der Waals surface area contributed by atoms with Gasteiger partial charge in [0.15, 0.2) is 0 Å². The van der Waals surface area contributed by atoms with Gasteiger partial charge < -0.3 is 10.1 Å². The van der Waals surface area contributed by atoms with Crippen LogP contribution >= 0.6 is 0 Å². The van der Waals surface area contributed by atoms with Crippen LogP contribution in [0.1, 0.15) is 37.5 Å². The fraction of sp³-hybridized carbons (Fsp3) is 0.368. The molecule has 0 heterocycles. The molecule has 112 valence electrons. The van der Waals surface area contributed by atoms with Crippen molar-refractivity contribution in [2.24, 2.45) is 0 Å². The second-order valence-electron chi connectivity index (χ2n) is 5.64. The fourth-order valence-electron chi connectivity index (χ4n) is 2.11. The SMILES string of the molecule is CCc1ccc(COc2cccc(CNC(C)C)c2)cc1. The van der Waals surface area contributed by atoms with Gasteiger partial charge in [-0.3, -0.25) is 0 Å². The van der Waals surface area contributed by atoms with E-state index in [0.29, 0.717) is 12.6 Å². The van der Waals surface area contributed by atoms with Gasteiger partial charge in [0.05, 0.1) is 0 Å². The topological polar surface area (TPSA) is 21.3 Å². The van der Waals surface area contributed by atoms with Crippen molar-refractivity contribution in [3.05, 3.63) is 65.2 Å². The molecule has 0 spiro atoms. The molecule has 0 amide bonds. The second kappa shape index (κ2) is 7.84. The number of ether oxygens (including phenoxy) is 1. The lowest BCUT2D eigenvalue weighted by atomic mass is 10.1. The summed E-state index contributed by atoms with van der Waals surface area (Å²) in [6.07, 6.45) is 1.08. The molecule has 0 aromatic heterocycles. The summed E-state index contributed by atoms with van der Waals surface area (Å²) in [7, 11) is 0. The summed E-state index contributed by atoms with van der Waals surface area (Å²) in [5.41, 5.74) is 3.82. The molecule has 1 N–H and O–H groups in total. The Hall–Kier alpha value is -1.80. The van der Waals surface area contributed by atoms with Gasteiger partial charge in [-0.05, 0) is 35.2 Å². The van der Waals surface area contributed by atoms with Gasteiger partial charge in [-0.25, -0.2) is 0 Å². The van der Waals surface area contributed by atoms with Gasteiger partial charge in [-0.2, -0.15) is 0 Å². The van der Waals surface area contributed by atoms with Crippen molar-refractivity contribution >= 4 is 0 Å². The number of hydrogen-bond acceptors (Lipinski definition) is 2. The number of rotatable bonds is 7. The lowest BCUT2D eigenvalue weighted by Crippen LogP contribution is -2.21. The lowest BCUT2D eigenvalue weighted by Gasteiger charge is -2.11. The summed E-state index contributed by atoms with van der Waals surface area (Å²) in [4.78, 5) is 0. The first-order chi connectivity index (χ1) is 10.2. The maximum Gasteiger partial charge on any atom is 0.120 e. The molecule has 0 saturated heterocycles. The van der Waals surface area contributed by atoms with E-state index in [4.69, 9.17) is 4.74 Å². The quantitative estimate of drug-likeness (QED) is 0.817. The Morgan fingerprint density at radius 3 is 2.33 bits per heavy atom. The van der Waals surface area contributed by atoms with E-state index in [1.807, 2.05) is 12.1 Å². The summed E-state index contributed by atoms with van der Waals surface area (Å²) < 4.78 is 5.89. The van der Waals surface area contributed by atoms with Crippen molar-refractivity contribution in [3.8, 4) is 5.75 Å². The average molecular weight is 283 g/mol. The maximum absolute atomic E-state index is 5.89. The lowest BCUT2D eigenvalue weighted by molar-refractivity contribution is 0.306. The number of benzene rings is 2. The van der Waals surface area contributed by atoms with Crippen LogP contribution in [0.5, 0.6) is 5.75 Å². The Morgan fingerprint density at radius 2 is 1.67 bits per heavy atom. The van der Waals surface area contributed by atoms with E-state index < -0.39 is 0 Å². The summed E-state index contributed by atoms with van der Waals surface area (Å²) in [5.74, 6) is 0.928. The molecule has 0 aliphatic carbocycles. The molecule has 2 nitrogen and oxygen atoms in total. The Bertz CT molecular complexity index is 546. The van der Waals surface area contributed by atoms with Gasteiger partial charge in [0.1, 0.15) is 12.4 Å². The van der Waals surface area contributed by atoms with Crippen LogP contribution in [0.25, 0.3) is 0 Å². The van der Waals surface area contributed by atoms with E-state index in [0.717, 1.165) is 18.7 Å². The number of nitrogens with one attached hydrogen (secondary N) is 1. The van der Waals surface area contributed by atoms with Crippen LogP contribution in [0.3, 0.4) is 0 Å². The van der Waals surface area contributed by atoms with Crippen LogP contribution in [-0.2, 0) is 19.6 Å². The van der Waals surface area contributed by atoms with E-state index in [1.54, 1.807) is 0 Å². The molecule has 0 aliphatic rings. The predicted octanol–water partition coefficient (Wildman–Crippen LogP) is 4.33. The first-order valence-electron chi connectivity index (χ1n) is 7.70. The van der Waals surface area contributed by atoms with E-state index in [9.17, 15) is 0 Å². The zero-order chi connectivity index (χ0) is 15.1. The van der Waals surface area contributed by atoms with Gasteiger partial charge in [-0.1, -0.05) is 57.2 Å². The van der Waals surface area contributed by atoms with Crippen LogP contribution in [0.15, 0.2) is 48.5 Å². The van der Waals surface area contributed by atoms with Crippen LogP contribution in [0.2, 0.25) is 0 Å². The highest BCUT2D eigenvalue weighted by atomic mass is 16.5. The summed E-state index contributed by atoms with van der Waals surface area (Å²) in [5, 5.41) is 3.42. The van der Waals surface area contributed by atoms with Crippen molar-refractivity contribution in [2.75, 3.05) is 0 Å². The molecule has 0 fully saturated rings. The molecule has 2 aromatic rings. The van der Waals surface area contributed by atoms with Gasteiger partial charge in [0.25, 0.3) is 0 Å². The monoisotopic (exact) mass is 283 g/mol. The molecule has 0 bridgehead atoms. The van der Waals surface area contributed by atoms with Crippen LogP contribution in [0.4, 0.5) is 0 Å². The zero-order valence-electron chi connectivity index (χ0n) is 13.2. The minimum Gasteiger partial charge on any atom is -0.489 e. The normalized spacial score (nSPS) is 10.9. The standard InChI is InChI=1S/C19H25NO/c1-4-16-8-10-17(11-9-16)14-21-19-7-5-6-18(12-19)13-20-15(2)3/h5-12,15,20H,4,13-14H2,1-3H3. The summed E-state index contributed by atoms with van der Waals surface area (Å²) >= 11 is 0. The minimum atomic E-state index is 0.492. The van der Waals surface area contributed by atoms with Crippen LogP contribution in [0, 0.1) is 0 Å². The van der Waals surface area contributed by atoms with E-state index in [-0.39, 0.29) is 0 Å². The van der Waals surface area contributed by atoms with E-state index in [2.05, 4.69) is 62.5 Å². The smallest absolute Gasteiger partial charge is 0.120 e. The average Bonchev–Trinajstić information content (AvgIpc) is 2.52. The molecule has 21 heavy (non-hydrogen) atoms. The van der Waals surface area contributed by atoms with Crippen molar-refractivity contribution < 1.29 is 4.74 Å². The van der Waals surface area contributed by atoms with Gasteiger partial charge in [-0.15, -0.1) is 0 Å². The molecule has 0 atom stereocenters. The summed E-state index contributed by atoms with van der Waals surface area (Å²) in [6.45, 7) is 7.97. The first kappa shape index (κ1) is 15.6. The van der Waals surface area contributed by atoms with Gasteiger partial charge in [0, 0.05) is 12.6 Å². The molecular weight excluding hydrogens is 258 g/mol. The second-order valence-corrected chi connectivity index (χ2v) is 5.64. The van der Waals surface area contributed by atoms with Crippen molar-refractivity contribution in [1.29, 1.82) is 0 Å². The Balaban J connectivity index is 1.91. The molecule has 2 rings (SSSR count). The number of hydrogen-bond donors (Lipinski definition) is 1. The fourth-order valence-corrected chi connectivity index (χ4v) is 2.11. The molecule has 0 radical (unpaired) electrons. The number of aryl methyl sites for hydroxylation is 1. The third-order valence-corrected chi connectivity index (χ3v) is 3.45. The van der Waals surface area contributed by atoms with Crippen molar-refractivity contribution in [1.82, 2.24) is 5.32 Å². The molecule has 0 unspecified atom stereocenters. The Morgan fingerprint density at radius 1 is 0.952 bits per heavy atom. The largest absolute Gasteiger partial charge is 0.489 e. The Kier molecular flexibility index (Phi) is 5.82. The Labute approximate surface area is 128 Å². The highest BCUT2D eigenvalue weighted by Gasteiger charge is 2.00. The molecule has 0 aliphatic heterocycles. The highest BCUT2D eigenvalue weighted by molar-refractivity contribution is 5.29. The first-order valence-corrected chi connectivity index (χ1v) is 7.70. The third kappa shape index (κ3) is 5.24. The molecular formula is C19H25NO. The molecule has 2 heteroatoms. The highest BCUT2D eigenvalue weighted by Crippen LogP contribution is 2.15. The molecule has 0 saturated carbocycles. The molecule has 2 aromatic carbocycles. The maximum atomic E-state index is 5.89.